The molecule has 2 rings (SSSR count). The summed E-state index contributed by atoms with van der Waals surface area (Å²) in [6.07, 6.45) is 3.83. The number of hydrogen-bond donors (Lipinski definition) is 0. The van der Waals surface area contributed by atoms with Crippen LogP contribution in [0.4, 0.5) is 0 Å². The molecule has 0 aliphatic carbocycles. The molecule has 0 fully saturated rings. The minimum atomic E-state index is 1.12. The Morgan fingerprint density at radius 2 is 2.14 bits per heavy atom. The van der Waals surface area contributed by atoms with Crippen molar-refractivity contribution in [3.05, 3.63) is 46.2 Å². The summed E-state index contributed by atoms with van der Waals surface area (Å²) in [5.41, 5.74) is 1.32. The van der Waals surface area contributed by atoms with Gasteiger partial charge in [-0.25, -0.2) is 0 Å². The zero-order chi connectivity index (χ0) is 10.1. The Kier molecular flexibility index (Phi) is 2.26. The lowest BCUT2D eigenvalue weighted by Gasteiger charge is -1.92. The molecule has 0 radical (unpaired) electrons. The number of fused-ring (bicyclic) bond motifs is 1. The van der Waals surface area contributed by atoms with Gasteiger partial charge in [0.15, 0.2) is 0 Å². The van der Waals surface area contributed by atoms with Gasteiger partial charge >= 0.3 is 0 Å². The van der Waals surface area contributed by atoms with Crippen molar-refractivity contribution in [2.75, 3.05) is 0 Å². The molecule has 2 aromatic rings. The molecule has 70 valence electrons. The SMILES string of the molecule is C=C/C=c1/sc2c(C)cccc2c1=C. The minimum absolute atomic E-state index is 1.12. The van der Waals surface area contributed by atoms with Gasteiger partial charge in [0.05, 0.1) is 0 Å². The third kappa shape index (κ3) is 1.30. The molecule has 1 aromatic carbocycles. The molecule has 0 saturated carbocycles. The van der Waals surface area contributed by atoms with E-state index >= 15 is 0 Å². The lowest BCUT2D eigenvalue weighted by atomic mass is 10.1. The first-order valence-electron chi connectivity index (χ1n) is 4.54. The molecule has 0 atom stereocenters. The highest BCUT2D eigenvalue weighted by atomic mass is 32.1. The lowest BCUT2D eigenvalue weighted by Crippen LogP contribution is -2.15. The molecule has 0 spiro atoms. The molecule has 0 saturated heterocycles. The number of thiophene rings is 1. The number of hydrogen-bond acceptors (Lipinski definition) is 1. The van der Waals surface area contributed by atoms with E-state index in [0.29, 0.717) is 0 Å². The maximum atomic E-state index is 4.10. The molecule has 1 heterocycles. The summed E-state index contributed by atoms with van der Waals surface area (Å²) in [5, 5.41) is 2.39. The Labute approximate surface area is 87.5 Å². The molecular formula is C13H12S. The van der Waals surface area contributed by atoms with Gasteiger partial charge in [-0.05, 0) is 29.2 Å². The number of allylic oxidation sites excluding steroid dienone is 1. The highest BCUT2D eigenvalue weighted by Crippen LogP contribution is 2.17. The van der Waals surface area contributed by atoms with E-state index in [2.05, 4.69) is 38.3 Å². The molecule has 14 heavy (non-hydrogen) atoms. The fourth-order valence-corrected chi connectivity index (χ4v) is 2.72. The van der Waals surface area contributed by atoms with E-state index in [-0.39, 0.29) is 0 Å². The Hall–Kier alpha value is -1.34. The van der Waals surface area contributed by atoms with Gasteiger partial charge in [-0.2, -0.15) is 0 Å². The lowest BCUT2D eigenvalue weighted by molar-refractivity contribution is 1.56. The monoisotopic (exact) mass is 200 g/mol. The third-order valence-corrected chi connectivity index (χ3v) is 3.66. The number of rotatable bonds is 1. The minimum Gasteiger partial charge on any atom is -0.135 e. The topological polar surface area (TPSA) is 0 Å². The van der Waals surface area contributed by atoms with Gasteiger partial charge in [-0.15, -0.1) is 11.3 Å². The van der Waals surface area contributed by atoms with Crippen molar-refractivity contribution in [3.8, 4) is 0 Å². The summed E-state index contributed by atoms with van der Waals surface area (Å²) < 4.78 is 2.55. The van der Waals surface area contributed by atoms with E-state index < -0.39 is 0 Å². The van der Waals surface area contributed by atoms with Crippen molar-refractivity contribution < 1.29 is 0 Å². The van der Waals surface area contributed by atoms with E-state index in [9.17, 15) is 0 Å². The van der Waals surface area contributed by atoms with Crippen LogP contribution in [0.15, 0.2) is 30.9 Å². The van der Waals surface area contributed by atoms with E-state index in [0.717, 1.165) is 5.22 Å². The van der Waals surface area contributed by atoms with Crippen LogP contribution < -0.4 is 9.75 Å². The quantitative estimate of drug-likeness (QED) is 0.663. The smallest absolute Gasteiger partial charge is 0.0384 e. The predicted octanol–water partition coefficient (Wildman–Crippen LogP) is 2.59. The van der Waals surface area contributed by atoms with E-state index in [1.54, 1.807) is 11.3 Å². The standard InChI is InChI=1S/C13H12S/c1-4-6-12-10(3)11-8-5-7-9(2)13(11)14-12/h4-8H,1,3H2,2H3/b12-6+. The predicted molar refractivity (Wildman–Crippen MR) is 66.0 cm³/mol. The van der Waals surface area contributed by atoms with Crippen molar-refractivity contribution in [1.29, 1.82) is 0 Å². The first-order chi connectivity index (χ1) is 6.74. The van der Waals surface area contributed by atoms with Gasteiger partial charge in [0.1, 0.15) is 0 Å². The molecule has 0 unspecified atom stereocenters. The van der Waals surface area contributed by atoms with Crippen LogP contribution in [-0.2, 0) is 0 Å². The van der Waals surface area contributed by atoms with Gasteiger partial charge in [0.2, 0.25) is 0 Å². The van der Waals surface area contributed by atoms with Gasteiger partial charge in [0, 0.05) is 9.23 Å². The molecule has 0 N–H and O–H groups in total. The average Bonchev–Trinajstić information content (AvgIpc) is 2.48. The van der Waals surface area contributed by atoms with E-state index in [4.69, 9.17) is 0 Å². The second-order valence-electron chi connectivity index (χ2n) is 3.30. The number of aryl methyl sites for hydroxylation is 1. The Morgan fingerprint density at radius 3 is 2.79 bits per heavy atom. The molecule has 1 aromatic heterocycles. The Bertz CT molecular complexity index is 587. The van der Waals surface area contributed by atoms with E-state index in [1.165, 1.54) is 20.2 Å². The second kappa shape index (κ2) is 3.43. The van der Waals surface area contributed by atoms with Crippen molar-refractivity contribution >= 4 is 34.1 Å². The van der Waals surface area contributed by atoms with Gasteiger partial charge < -0.3 is 0 Å². The Morgan fingerprint density at radius 1 is 1.36 bits per heavy atom. The first kappa shape index (κ1) is 9.22. The largest absolute Gasteiger partial charge is 0.135 e. The zero-order valence-corrected chi connectivity index (χ0v) is 9.03. The maximum Gasteiger partial charge on any atom is 0.0384 e. The second-order valence-corrected chi connectivity index (χ2v) is 4.35. The van der Waals surface area contributed by atoms with Crippen LogP contribution in [0.1, 0.15) is 5.56 Å². The highest BCUT2D eigenvalue weighted by Gasteiger charge is 2.00. The summed E-state index contributed by atoms with van der Waals surface area (Å²) in [5.74, 6) is 0. The zero-order valence-electron chi connectivity index (χ0n) is 8.21. The van der Waals surface area contributed by atoms with Crippen molar-refractivity contribution in [2.45, 2.75) is 6.92 Å². The van der Waals surface area contributed by atoms with Crippen LogP contribution >= 0.6 is 11.3 Å². The van der Waals surface area contributed by atoms with Crippen molar-refractivity contribution in [3.63, 3.8) is 0 Å². The van der Waals surface area contributed by atoms with Crippen LogP contribution in [0.3, 0.4) is 0 Å². The molecular weight excluding hydrogens is 188 g/mol. The first-order valence-corrected chi connectivity index (χ1v) is 5.35. The van der Waals surface area contributed by atoms with Crippen LogP contribution in [-0.4, -0.2) is 0 Å². The normalized spacial score (nSPS) is 12.2. The van der Waals surface area contributed by atoms with Crippen LogP contribution in [0.25, 0.3) is 22.7 Å². The fourth-order valence-electron chi connectivity index (χ4n) is 1.57. The Balaban J connectivity index is 3.01. The summed E-state index contributed by atoms with van der Waals surface area (Å²) in [4.78, 5) is 0. The van der Waals surface area contributed by atoms with E-state index in [1.807, 2.05) is 12.2 Å². The van der Waals surface area contributed by atoms with Gasteiger partial charge in [0.25, 0.3) is 0 Å². The van der Waals surface area contributed by atoms with Crippen LogP contribution in [0.5, 0.6) is 0 Å². The van der Waals surface area contributed by atoms with Crippen molar-refractivity contribution in [1.82, 2.24) is 0 Å². The number of benzene rings is 1. The summed E-state index contributed by atoms with van der Waals surface area (Å²) in [6, 6.07) is 6.34. The average molecular weight is 200 g/mol. The molecule has 0 aliphatic heterocycles. The van der Waals surface area contributed by atoms with Crippen LogP contribution in [0, 0.1) is 6.92 Å². The van der Waals surface area contributed by atoms with Crippen LogP contribution in [0.2, 0.25) is 0 Å². The van der Waals surface area contributed by atoms with Crippen molar-refractivity contribution in [2.24, 2.45) is 0 Å². The molecule has 0 amide bonds. The molecule has 0 bridgehead atoms. The summed E-state index contributed by atoms with van der Waals surface area (Å²) in [6.45, 7) is 9.95. The van der Waals surface area contributed by atoms with Gasteiger partial charge in [-0.3, -0.25) is 0 Å². The third-order valence-electron chi connectivity index (χ3n) is 2.32. The molecule has 0 aliphatic rings. The van der Waals surface area contributed by atoms with Gasteiger partial charge in [-0.1, -0.05) is 37.4 Å². The highest BCUT2D eigenvalue weighted by molar-refractivity contribution is 7.17. The summed E-state index contributed by atoms with van der Waals surface area (Å²) >= 11 is 1.79. The summed E-state index contributed by atoms with van der Waals surface area (Å²) in [7, 11) is 0. The maximum absolute atomic E-state index is 4.10. The molecule has 0 nitrogen and oxygen atoms in total. The fraction of sp³-hybridized carbons (Fsp3) is 0.0769. The molecule has 1 heteroatoms.